The van der Waals surface area contributed by atoms with Crippen LogP contribution in [0.2, 0.25) is 0 Å². The Balaban J connectivity index is 2.73. The van der Waals surface area contributed by atoms with Gasteiger partial charge in [-0.15, -0.1) is 0 Å². The molecular formula is C12H17N3S. The fourth-order valence-electron chi connectivity index (χ4n) is 1.15. The number of benzene rings is 1. The van der Waals surface area contributed by atoms with Crippen LogP contribution in [-0.2, 0) is 0 Å². The number of rotatable bonds is 4. The highest BCUT2D eigenvalue weighted by molar-refractivity contribution is 7.99. The van der Waals surface area contributed by atoms with Crippen molar-refractivity contribution in [3.63, 3.8) is 0 Å². The minimum atomic E-state index is 0.175. The van der Waals surface area contributed by atoms with Gasteiger partial charge in [-0.25, -0.2) is 0 Å². The molecule has 0 heterocycles. The lowest BCUT2D eigenvalue weighted by molar-refractivity contribution is 0.753. The van der Waals surface area contributed by atoms with Crippen molar-refractivity contribution in [2.75, 3.05) is 23.9 Å². The van der Waals surface area contributed by atoms with Crippen LogP contribution in [0.25, 0.3) is 0 Å². The Bertz CT molecular complexity index is 407. The van der Waals surface area contributed by atoms with Gasteiger partial charge in [0.15, 0.2) is 0 Å². The summed E-state index contributed by atoms with van der Waals surface area (Å²) < 4.78 is 0.175. The van der Waals surface area contributed by atoms with E-state index in [0.29, 0.717) is 11.3 Å². The molecule has 0 fully saturated rings. The van der Waals surface area contributed by atoms with Crippen LogP contribution in [0.4, 0.5) is 11.4 Å². The number of anilines is 2. The highest BCUT2D eigenvalue weighted by Gasteiger charge is 2.15. The second kappa shape index (κ2) is 5.13. The first-order chi connectivity index (χ1) is 7.48. The number of nitrogens with two attached hydrogens (primary N) is 1. The van der Waals surface area contributed by atoms with E-state index in [1.807, 2.05) is 17.8 Å². The standard InChI is InChI=1S/C12H17N3S/c1-12(2,16-3)8-15-10-4-5-11(14)9(6-10)7-13/h4-6,15H,8,14H2,1-3H3. The molecule has 1 aromatic rings. The van der Waals surface area contributed by atoms with Crippen LogP contribution in [0.5, 0.6) is 0 Å². The number of nitrogens with zero attached hydrogens (tertiary/aromatic N) is 1. The van der Waals surface area contributed by atoms with Gasteiger partial charge in [0.1, 0.15) is 6.07 Å². The summed E-state index contributed by atoms with van der Waals surface area (Å²) in [6, 6.07) is 7.51. The monoisotopic (exact) mass is 235 g/mol. The predicted molar refractivity (Wildman–Crippen MR) is 71.7 cm³/mol. The molecule has 1 aromatic carbocycles. The Morgan fingerprint density at radius 2 is 2.19 bits per heavy atom. The molecule has 0 aliphatic rings. The Morgan fingerprint density at radius 1 is 1.50 bits per heavy atom. The number of nitriles is 1. The van der Waals surface area contributed by atoms with Gasteiger partial charge in [-0.1, -0.05) is 0 Å². The van der Waals surface area contributed by atoms with Crippen molar-refractivity contribution in [3.8, 4) is 6.07 Å². The largest absolute Gasteiger partial charge is 0.398 e. The maximum atomic E-state index is 8.86. The van der Waals surface area contributed by atoms with Gasteiger partial charge >= 0.3 is 0 Å². The Morgan fingerprint density at radius 3 is 2.75 bits per heavy atom. The minimum absolute atomic E-state index is 0.175. The second-order valence-electron chi connectivity index (χ2n) is 4.23. The molecule has 4 heteroatoms. The van der Waals surface area contributed by atoms with E-state index in [1.54, 1.807) is 12.1 Å². The van der Waals surface area contributed by atoms with Gasteiger partial charge in [0, 0.05) is 22.7 Å². The Hall–Kier alpha value is -1.34. The maximum absolute atomic E-state index is 8.86. The van der Waals surface area contributed by atoms with E-state index in [1.165, 1.54) is 0 Å². The minimum Gasteiger partial charge on any atom is -0.398 e. The maximum Gasteiger partial charge on any atom is 0.101 e. The summed E-state index contributed by atoms with van der Waals surface area (Å²) in [4.78, 5) is 0. The topological polar surface area (TPSA) is 61.8 Å². The first kappa shape index (κ1) is 12.7. The molecule has 0 bridgehead atoms. The summed E-state index contributed by atoms with van der Waals surface area (Å²) in [7, 11) is 0. The van der Waals surface area contributed by atoms with E-state index in [0.717, 1.165) is 12.2 Å². The van der Waals surface area contributed by atoms with Crippen LogP contribution in [0.3, 0.4) is 0 Å². The van der Waals surface area contributed by atoms with E-state index in [4.69, 9.17) is 11.0 Å². The number of hydrogen-bond acceptors (Lipinski definition) is 4. The molecule has 16 heavy (non-hydrogen) atoms. The zero-order chi connectivity index (χ0) is 12.2. The van der Waals surface area contributed by atoms with Crippen LogP contribution >= 0.6 is 11.8 Å². The predicted octanol–water partition coefficient (Wildman–Crippen LogP) is 2.69. The molecule has 0 radical (unpaired) electrons. The third-order valence-electron chi connectivity index (χ3n) is 2.44. The molecule has 3 N–H and O–H groups in total. The molecule has 0 spiro atoms. The van der Waals surface area contributed by atoms with Gasteiger partial charge < -0.3 is 11.1 Å². The summed E-state index contributed by atoms with van der Waals surface area (Å²) in [5, 5.41) is 12.2. The number of hydrogen-bond donors (Lipinski definition) is 2. The number of thioether (sulfide) groups is 1. The second-order valence-corrected chi connectivity index (χ2v) is 5.74. The molecule has 0 unspecified atom stereocenters. The van der Waals surface area contributed by atoms with E-state index in [9.17, 15) is 0 Å². The lowest BCUT2D eigenvalue weighted by atomic mass is 10.1. The van der Waals surface area contributed by atoms with Gasteiger partial charge in [-0.05, 0) is 38.3 Å². The quantitative estimate of drug-likeness (QED) is 0.788. The molecule has 0 saturated heterocycles. The molecule has 3 nitrogen and oxygen atoms in total. The van der Waals surface area contributed by atoms with E-state index in [2.05, 4.69) is 31.5 Å². The van der Waals surface area contributed by atoms with E-state index >= 15 is 0 Å². The fourth-order valence-corrected chi connectivity index (χ4v) is 1.37. The summed E-state index contributed by atoms with van der Waals surface area (Å²) >= 11 is 1.81. The average molecular weight is 235 g/mol. The van der Waals surface area contributed by atoms with E-state index in [-0.39, 0.29) is 4.75 Å². The van der Waals surface area contributed by atoms with Crippen molar-refractivity contribution in [3.05, 3.63) is 23.8 Å². The molecule has 0 aliphatic heterocycles. The molecule has 0 amide bonds. The Kier molecular flexibility index (Phi) is 4.08. The first-order valence-corrected chi connectivity index (χ1v) is 6.29. The third-order valence-corrected chi connectivity index (χ3v) is 3.69. The summed E-state index contributed by atoms with van der Waals surface area (Å²) in [6.07, 6.45) is 2.09. The highest BCUT2D eigenvalue weighted by atomic mass is 32.2. The fraction of sp³-hybridized carbons (Fsp3) is 0.417. The molecule has 0 aromatic heterocycles. The average Bonchev–Trinajstić information content (AvgIpc) is 2.28. The summed E-state index contributed by atoms with van der Waals surface area (Å²) in [5.74, 6) is 0. The van der Waals surface area contributed by atoms with Crippen LogP contribution < -0.4 is 11.1 Å². The van der Waals surface area contributed by atoms with Gasteiger partial charge in [-0.2, -0.15) is 17.0 Å². The van der Waals surface area contributed by atoms with Crippen molar-refractivity contribution >= 4 is 23.1 Å². The number of nitrogens with one attached hydrogen (secondary N) is 1. The highest BCUT2D eigenvalue weighted by Crippen LogP contribution is 2.23. The normalized spacial score (nSPS) is 10.9. The first-order valence-electron chi connectivity index (χ1n) is 5.07. The van der Waals surface area contributed by atoms with Crippen LogP contribution in [0.1, 0.15) is 19.4 Å². The summed E-state index contributed by atoms with van der Waals surface area (Å²) in [5.41, 5.74) is 7.64. The molecule has 0 atom stereocenters. The zero-order valence-corrected chi connectivity index (χ0v) is 10.7. The molecular weight excluding hydrogens is 218 g/mol. The third kappa shape index (κ3) is 3.35. The molecule has 1 rings (SSSR count). The van der Waals surface area contributed by atoms with Crippen molar-refractivity contribution < 1.29 is 0 Å². The molecule has 86 valence electrons. The van der Waals surface area contributed by atoms with E-state index < -0.39 is 0 Å². The smallest absolute Gasteiger partial charge is 0.101 e. The Labute approximate surface area is 101 Å². The van der Waals surface area contributed by atoms with Gasteiger partial charge in [-0.3, -0.25) is 0 Å². The van der Waals surface area contributed by atoms with Crippen molar-refractivity contribution in [2.45, 2.75) is 18.6 Å². The van der Waals surface area contributed by atoms with Gasteiger partial charge in [0.2, 0.25) is 0 Å². The zero-order valence-electron chi connectivity index (χ0n) is 9.87. The summed E-state index contributed by atoms with van der Waals surface area (Å²) in [6.45, 7) is 5.20. The SMILES string of the molecule is CSC(C)(C)CNc1ccc(N)c(C#N)c1. The van der Waals surface area contributed by atoms with Crippen LogP contribution in [-0.4, -0.2) is 17.5 Å². The lowest BCUT2D eigenvalue weighted by Crippen LogP contribution is -2.25. The van der Waals surface area contributed by atoms with Crippen molar-refractivity contribution in [2.24, 2.45) is 0 Å². The van der Waals surface area contributed by atoms with Crippen LogP contribution in [0.15, 0.2) is 18.2 Å². The number of nitrogen functional groups attached to an aromatic ring is 1. The lowest BCUT2D eigenvalue weighted by Gasteiger charge is -2.23. The van der Waals surface area contributed by atoms with Crippen molar-refractivity contribution in [1.82, 2.24) is 0 Å². The molecule has 0 aliphatic carbocycles. The molecule has 0 saturated carbocycles. The van der Waals surface area contributed by atoms with Gasteiger partial charge in [0.25, 0.3) is 0 Å². The van der Waals surface area contributed by atoms with Crippen molar-refractivity contribution in [1.29, 1.82) is 5.26 Å². The van der Waals surface area contributed by atoms with Crippen LogP contribution in [0, 0.1) is 11.3 Å². The van der Waals surface area contributed by atoms with Gasteiger partial charge in [0.05, 0.1) is 5.56 Å².